The fraction of sp³-hybridized carbons (Fsp3) is 0.833. The highest BCUT2D eigenvalue weighted by molar-refractivity contribution is 7.99. The smallest absolute Gasteiger partial charge is 0.326 e. The molecule has 1 fully saturated rings. The highest BCUT2D eigenvalue weighted by atomic mass is 32.2. The van der Waals surface area contributed by atoms with Crippen LogP contribution in [-0.2, 0) is 4.79 Å². The largest absolute Gasteiger partial charge is 0.480 e. The summed E-state index contributed by atoms with van der Waals surface area (Å²) >= 11 is 1.95. The molecule has 1 aliphatic rings. The molecular weight excluding hydrogens is 252 g/mol. The maximum absolute atomic E-state index is 11.6. The SMILES string of the molecule is CCC[C@H](NC(=O)NCC1CCSCC1)C(=O)O. The number of carbonyl (C=O) groups excluding carboxylic acids is 1. The number of hydrogen-bond acceptors (Lipinski definition) is 3. The first-order valence-corrected chi connectivity index (χ1v) is 7.63. The van der Waals surface area contributed by atoms with Crippen LogP contribution in [0.3, 0.4) is 0 Å². The molecule has 1 saturated heterocycles. The molecule has 0 bridgehead atoms. The molecule has 1 rings (SSSR count). The minimum absolute atomic E-state index is 0.367. The Morgan fingerprint density at radius 3 is 2.61 bits per heavy atom. The molecule has 0 spiro atoms. The molecule has 0 aromatic heterocycles. The molecule has 6 heteroatoms. The molecule has 1 aliphatic heterocycles. The zero-order valence-corrected chi connectivity index (χ0v) is 11.6. The number of aliphatic carboxylic acids is 1. The van der Waals surface area contributed by atoms with Crippen molar-refractivity contribution in [2.24, 2.45) is 5.92 Å². The van der Waals surface area contributed by atoms with E-state index in [4.69, 9.17) is 5.11 Å². The van der Waals surface area contributed by atoms with Crippen molar-refractivity contribution in [1.29, 1.82) is 0 Å². The van der Waals surface area contributed by atoms with Crippen LogP contribution < -0.4 is 10.6 Å². The van der Waals surface area contributed by atoms with Crippen molar-refractivity contribution < 1.29 is 14.7 Å². The molecular formula is C12H22N2O3S. The second-order valence-electron chi connectivity index (χ2n) is 4.59. The van der Waals surface area contributed by atoms with Crippen molar-refractivity contribution in [2.45, 2.75) is 38.6 Å². The third-order valence-electron chi connectivity index (χ3n) is 3.07. The van der Waals surface area contributed by atoms with E-state index in [0.29, 0.717) is 18.9 Å². The summed E-state index contributed by atoms with van der Waals surface area (Å²) in [5.41, 5.74) is 0. The van der Waals surface area contributed by atoms with E-state index in [1.54, 1.807) is 0 Å². The van der Waals surface area contributed by atoms with Crippen molar-refractivity contribution in [1.82, 2.24) is 10.6 Å². The van der Waals surface area contributed by atoms with Gasteiger partial charge in [-0.2, -0.15) is 11.8 Å². The zero-order chi connectivity index (χ0) is 13.4. The Hall–Kier alpha value is -0.910. The molecule has 104 valence electrons. The van der Waals surface area contributed by atoms with Crippen LogP contribution in [0.25, 0.3) is 0 Å². The number of hydrogen-bond donors (Lipinski definition) is 3. The van der Waals surface area contributed by atoms with Crippen LogP contribution in [0.4, 0.5) is 4.79 Å². The van der Waals surface area contributed by atoms with Crippen molar-refractivity contribution in [3.05, 3.63) is 0 Å². The normalized spacial score (nSPS) is 18.1. The Bertz CT molecular complexity index is 280. The highest BCUT2D eigenvalue weighted by Crippen LogP contribution is 2.21. The van der Waals surface area contributed by atoms with E-state index in [2.05, 4.69) is 10.6 Å². The molecule has 0 unspecified atom stereocenters. The first-order valence-electron chi connectivity index (χ1n) is 6.48. The summed E-state index contributed by atoms with van der Waals surface area (Å²) in [6.45, 7) is 2.54. The zero-order valence-electron chi connectivity index (χ0n) is 10.8. The highest BCUT2D eigenvalue weighted by Gasteiger charge is 2.19. The van der Waals surface area contributed by atoms with Gasteiger partial charge in [0.2, 0.25) is 0 Å². The number of urea groups is 1. The van der Waals surface area contributed by atoms with Gasteiger partial charge in [0.1, 0.15) is 6.04 Å². The summed E-state index contributed by atoms with van der Waals surface area (Å²) in [6, 6.07) is -1.15. The summed E-state index contributed by atoms with van der Waals surface area (Å²) in [4.78, 5) is 22.5. The first kappa shape index (κ1) is 15.1. The topological polar surface area (TPSA) is 78.4 Å². The van der Waals surface area contributed by atoms with E-state index < -0.39 is 12.0 Å². The quantitative estimate of drug-likeness (QED) is 0.688. The Labute approximate surface area is 112 Å². The van der Waals surface area contributed by atoms with Crippen molar-refractivity contribution in [2.75, 3.05) is 18.1 Å². The van der Waals surface area contributed by atoms with Gasteiger partial charge < -0.3 is 15.7 Å². The number of carbonyl (C=O) groups is 2. The summed E-state index contributed by atoms with van der Waals surface area (Å²) in [6.07, 6.45) is 3.45. The Kier molecular flexibility index (Phi) is 6.93. The van der Waals surface area contributed by atoms with Crippen LogP contribution in [0.2, 0.25) is 0 Å². The minimum atomic E-state index is -0.971. The van der Waals surface area contributed by atoms with E-state index in [1.165, 1.54) is 0 Å². The Morgan fingerprint density at radius 1 is 1.39 bits per heavy atom. The van der Waals surface area contributed by atoms with Gasteiger partial charge in [0.05, 0.1) is 0 Å². The molecule has 18 heavy (non-hydrogen) atoms. The van der Waals surface area contributed by atoms with Gasteiger partial charge in [-0.25, -0.2) is 9.59 Å². The fourth-order valence-corrected chi connectivity index (χ4v) is 3.15. The lowest BCUT2D eigenvalue weighted by atomic mass is 10.0. The molecule has 3 N–H and O–H groups in total. The lowest BCUT2D eigenvalue weighted by Gasteiger charge is -2.22. The fourth-order valence-electron chi connectivity index (χ4n) is 1.94. The number of thioether (sulfide) groups is 1. The molecule has 2 amide bonds. The maximum Gasteiger partial charge on any atom is 0.326 e. The van der Waals surface area contributed by atoms with Crippen LogP contribution in [0.1, 0.15) is 32.6 Å². The minimum Gasteiger partial charge on any atom is -0.480 e. The number of rotatable bonds is 6. The van der Waals surface area contributed by atoms with E-state index in [0.717, 1.165) is 30.8 Å². The van der Waals surface area contributed by atoms with Crippen molar-refractivity contribution in [3.63, 3.8) is 0 Å². The van der Waals surface area contributed by atoms with Crippen LogP contribution in [0, 0.1) is 5.92 Å². The van der Waals surface area contributed by atoms with Crippen LogP contribution in [0.5, 0.6) is 0 Å². The van der Waals surface area contributed by atoms with Gasteiger partial charge in [-0.3, -0.25) is 0 Å². The molecule has 1 heterocycles. The van der Waals surface area contributed by atoms with Crippen LogP contribution in [0.15, 0.2) is 0 Å². The average Bonchev–Trinajstić information content (AvgIpc) is 2.37. The predicted octanol–water partition coefficient (Wildman–Crippen LogP) is 1.68. The lowest BCUT2D eigenvalue weighted by molar-refractivity contribution is -0.139. The molecule has 1 atom stereocenters. The molecule has 0 aliphatic carbocycles. The second-order valence-corrected chi connectivity index (χ2v) is 5.81. The lowest BCUT2D eigenvalue weighted by Crippen LogP contribution is -2.47. The third-order valence-corrected chi connectivity index (χ3v) is 4.12. The van der Waals surface area contributed by atoms with E-state index >= 15 is 0 Å². The van der Waals surface area contributed by atoms with E-state index in [-0.39, 0.29) is 6.03 Å². The van der Waals surface area contributed by atoms with Crippen LogP contribution in [-0.4, -0.2) is 41.2 Å². The second kappa shape index (κ2) is 8.24. The number of carboxylic acids is 1. The third kappa shape index (κ3) is 5.62. The number of carboxylic acid groups (broad SMARTS) is 1. The Morgan fingerprint density at radius 2 is 2.06 bits per heavy atom. The molecule has 0 aromatic rings. The summed E-state index contributed by atoms with van der Waals surface area (Å²) in [5.74, 6) is 1.87. The van der Waals surface area contributed by atoms with Crippen molar-refractivity contribution in [3.8, 4) is 0 Å². The maximum atomic E-state index is 11.6. The molecule has 0 aromatic carbocycles. The predicted molar refractivity (Wildman–Crippen MR) is 72.9 cm³/mol. The Balaban J connectivity index is 2.24. The number of nitrogens with one attached hydrogen (secondary N) is 2. The van der Waals surface area contributed by atoms with Gasteiger partial charge in [0, 0.05) is 6.54 Å². The van der Waals surface area contributed by atoms with Gasteiger partial charge in [0.25, 0.3) is 0 Å². The molecule has 0 radical (unpaired) electrons. The molecule has 0 saturated carbocycles. The average molecular weight is 274 g/mol. The van der Waals surface area contributed by atoms with Gasteiger partial charge in [-0.1, -0.05) is 13.3 Å². The molecule has 5 nitrogen and oxygen atoms in total. The van der Waals surface area contributed by atoms with Gasteiger partial charge >= 0.3 is 12.0 Å². The van der Waals surface area contributed by atoms with Gasteiger partial charge in [0.15, 0.2) is 0 Å². The summed E-state index contributed by atoms with van der Waals surface area (Å²) in [5, 5.41) is 14.2. The first-order chi connectivity index (χ1) is 8.63. The standard InChI is InChI=1S/C12H22N2O3S/c1-2-3-10(11(15)16)14-12(17)13-8-9-4-6-18-7-5-9/h9-10H,2-8H2,1H3,(H,15,16)(H2,13,14,17)/t10-/m0/s1. The van der Waals surface area contributed by atoms with Crippen LogP contribution >= 0.6 is 11.8 Å². The van der Waals surface area contributed by atoms with Gasteiger partial charge in [-0.15, -0.1) is 0 Å². The number of amides is 2. The van der Waals surface area contributed by atoms with Gasteiger partial charge in [-0.05, 0) is 36.7 Å². The summed E-state index contributed by atoms with van der Waals surface area (Å²) in [7, 11) is 0. The van der Waals surface area contributed by atoms with Crippen molar-refractivity contribution >= 4 is 23.8 Å². The summed E-state index contributed by atoms with van der Waals surface area (Å²) < 4.78 is 0. The monoisotopic (exact) mass is 274 g/mol. The van der Waals surface area contributed by atoms with E-state index in [9.17, 15) is 9.59 Å². The van der Waals surface area contributed by atoms with E-state index in [1.807, 2.05) is 18.7 Å².